The zero-order valence-corrected chi connectivity index (χ0v) is 10.8. The van der Waals surface area contributed by atoms with Crippen LogP contribution in [0.15, 0.2) is 24.3 Å². The summed E-state index contributed by atoms with van der Waals surface area (Å²) in [5, 5.41) is 14.1. The molecule has 110 valence electrons. The molecule has 2 rings (SSSR count). The third-order valence-corrected chi connectivity index (χ3v) is 3.01. The maximum absolute atomic E-state index is 12.6. The smallest absolute Gasteiger partial charge is 0.416 e. The normalized spacial score (nSPS) is 11.2. The SMILES string of the molecule is O=C(Nc1snnc1C(=O)O)c1cccc(C(F)(F)F)c1. The third-order valence-electron chi connectivity index (χ3n) is 2.37. The highest BCUT2D eigenvalue weighted by Crippen LogP contribution is 2.29. The Hall–Kier alpha value is -2.49. The number of hydrogen-bond acceptors (Lipinski definition) is 5. The number of carboxylic acid groups (broad SMARTS) is 1. The first kappa shape index (κ1) is 14.9. The molecule has 0 bridgehead atoms. The Morgan fingerprint density at radius 2 is 2.00 bits per heavy atom. The third kappa shape index (κ3) is 3.34. The van der Waals surface area contributed by atoms with Crippen LogP contribution in [0, 0.1) is 0 Å². The highest BCUT2D eigenvalue weighted by Gasteiger charge is 2.31. The van der Waals surface area contributed by atoms with Crippen LogP contribution in [0.3, 0.4) is 0 Å². The Balaban J connectivity index is 2.25. The average molecular weight is 317 g/mol. The van der Waals surface area contributed by atoms with Gasteiger partial charge in [0.1, 0.15) is 0 Å². The maximum atomic E-state index is 12.6. The standard InChI is InChI=1S/C11H6F3N3O3S/c12-11(13,14)6-3-1-2-5(4-6)8(18)15-9-7(10(19)20)16-17-21-9/h1-4H,(H,15,18)(H,19,20). The molecular weight excluding hydrogens is 311 g/mol. The van der Waals surface area contributed by atoms with Crippen LogP contribution >= 0.6 is 11.5 Å². The van der Waals surface area contributed by atoms with Gasteiger partial charge in [-0.3, -0.25) is 4.79 Å². The number of carboxylic acids is 1. The Labute approximate surface area is 119 Å². The second kappa shape index (κ2) is 5.48. The van der Waals surface area contributed by atoms with Gasteiger partial charge in [0, 0.05) is 17.1 Å². The van der Waals surface area contributed by atoms with Crippen molar-refractivity contribution >= 4 is 28.4 Å². The van der Waals surface area contributed by atoms with Gasteiger partial charge >= 0.3 is 12.1 Å². The van der Waals surface area contributed by atoms with Crippen molar-refractivity contribution in [3.8, 4) is 0 Å². The first-order valence-electron chi connectivity index (χ1n) is 5.33. The van der Waals surface area contributed by atoms with Crippen molar-refractivity contribution in [1.29, 1.82) is 0 Å². The van der Waals surface area contributed by atoms with Crippen LogP contribution in [0.25, 0.3) is 0 Å². The number of alkyl halides is 3. The maximum Gasteiger partial charge on any atom is 0.416 e. The Morgan fingerprint density at radius 1 is 1.29 bits per heavy atom. The van der Waals surface area contributed by atoms with Crippen LogP contribution in [0.4, 0.5) is 18.2 Å². The first-order chi connectivity index (χ1) is 9.79. The molecule has 0 aliphatic rings. The number of amides is 1. The molecule has 2 N–H and O–H groups in total. The van der Waals surface area contributed by atoms with Gasteiger partial charge in [-0.05, 0) is 18.2 Å². The van der Waals surface area contributed by atoms with Gasteiger partial charge < -0.3 is 10.4 Å². The average Bonchev–Trinajstić information content (AvgIpc) is 2.86. The zero-order valence-electron chi connectivity index (χ0n) is 10.0. The van der Waals surface area contributed by atoms with Crippen LogP contribution in [-0.4, -0.2) is 26.6 Å². The number of hydrogen-bond donors (Lipinski definition) is 2. The molecule has 0 atom stereocenters. The summed E-state index contributed by atoms with van der Waals surface area (Å²) < 4.78 is 41.0. The van der Waals surface area contributed by atoms with E-state index in [9.17, 15) is 22.8 Å². The molecule has 0 unspecified atom stereocenters. The number of halogens is 3. The number of carbonyl (C=O) groups excluding carboxylic acids is 1. The van der Waals surface area contributed by atoms with E-state index in [1.54, 1.807) is 0 Å². The fraction of sp³-hybridized carbons (Fsp3) is 0.0909. The molecule has 0 saturated carbocycles. The van der Waals surface area contributed by atoms with Crippen molar-refractivity contribution in [2.45, 2.75) is 6.18 Å². The molecule has 1 aromatic heterocycles. The van der Waals surface area contributed by atoms with E-state index in [1.165, 1.54) is 6.07 Å². The molecule has 6 nitrogen and oxygen atoms in total. The second-order valence-electron chi connectivity index (χ2n) is 3.79. The number of carbonyl (C=O) groups is 2. The van der Waals surface area contributed by atoms with E-state index >= 15 is 0 Å². The number of benzene rings is 1. The van der Waals surface area contributed by atoms with E-state index in [4.69, 9.17) is 5.11 Å². The minimum absolute atomic E-state index is 0.148. The topological polar surface area (TPSA) is 92.2 Å². The lowest BCUT2D eigenvalue weighted by Crippen LogP contribution is -2.15. The van der Waals surface area contributed by atoms with E-state index < -0.39 is 29.3 Å². The number of aromatic carboxylic acids is 1. The minimum Gasteiger partial charge on any atom is -0.476 e. The number of anilines is 1. The molecule has 1 aromatic carbocycles. The Bertz CT molecular complexity index is 699. The van der Waals surface area contributed by atoms with Crippen molar-refractivity contribution in [3.05, 3.63) is 41.1 Å². The summed E-state index contributed by atoms with van der Waals surface area (Å²) in [6.45, 7) is 0. The molecule has 1 amide bonds. The lowest BCUT2D eigenvalue weighted by Gasteiger charge is -2.08. The lowest BCUT2D eigenvalue weighted by molar-refractivity contribution is -0.137. The molecule has 0 spiro atoms. The fourth-order valence-corrected chi connectivity index (χ4v) is 1.98. The number of nitrogens with one attached hydrogen (secondary N) is 1. The Morgan fingerprint density at radius 3 is 2.62 bits per heavy atom. The summed E-state index contributed by atoms with van der Waals surface area (Å²) in [6.07, 6.45) is -4.57. The predicted octanol–water partition coefficient (Wildman–Crippen LogP) is 2.51. The molecule has 0 fully saturated rings. The van der Waals surface area contributed by atoms with Crippen LogP contribution in [-0.2, 0) is 6.18 Å². The first-order valence-corrected chi connectivity index (χ1v) is 6.10. The molecule has 0 aliphatic heterocycles. The largest absolute Gasteiger partial charge is 0.476 e. The monoisotopic (exact) mass is 317 g/mol. The van der Waals surface area contributed by atoms with Crippen molar-refractivity contribution < 1.29 is 27.9 Å². The van der Waals surface area contributed by atoms with Gasteiger partial charge in [0.25, 0.3) is 5.91 Å². The molecule has 10 heteroatoms. The van der Waals surface area contributed by atoms with Crippen LogP contribution in [0.2, 0.25) is 0 Å². The molecule has 1 heterocycles. The lowest BCUT2D eigenvalue weighted by atomic mass is 10.1. The molecule has 0 saturated heterocycles. The minimum atomic E-state index is -4.57. The van der Waals surface area contributed by atoms with Crippen LogP contribution in [0.1, 0.15) is 26.4 Å². The van der Waals surface area contributed by atoms with Gasteiger partial charge in [0.05, 0.1) is 5.56 Å². The van der Waals surface area contributed by atoms with Gasteiger partial charge in [-0.15, -0.1) is 5.10 Å². The van der Waals surface area contributed by atoms with Gasteiger partial charge in [0.2, 0.25) is 5.69 Å². The second-order valence-corrected chi connectivity index (χ2v) is 4.54. The predicted molar refractivity (Wildman–Crippen MR) is 66.3 cm³/mol. The molecular formula is C11H6F3N3O3S. The van der Waals surface area contributed by atoms with Crippen LogP contribution in [0.5, 0.6) is 0 Å². The van der Waals surface area contributed by atoms with Gasteiger partial charge in [0.15, 0.2) is 5.00 Å². The van der Waals surface area contributed by atoms with E-state index in [-0.39, 0.29) is 10.6 Å². The van der Waals surface area contributed by atoms with E-state index in [0.717, 1.165) is 12.1 Å². The number of aromatic nitrogens is 2. The summed E-state index contributed by atoms with van der Waals surface area (Å²) in [5.74, 6) is -2.28. The van der Waals surface area contributed by atoms with Crippen molar-refractivity contribution in [2.75, 3.05) is 5.32 Å². The molecule has 0 aliphatic carbocycles. The van der Waals surface area contributed by atoms with Gasteiger partial charge in [-0.1, -0.05) is 10.6 Å². The summed E-state index contributed by atoms with van der Waals surface area (Å²) in [6, 6.07) is 3.76. The number of rotatable bonds is 3. The van der Waals surface area contributed by atoms with E-state index in [0.29, 0.717) is 17.6 Å². The highest BCUT2D eigenvalue weighted by molar-refractivity contribution is 7.10. The summed E-state index contributed by atoms with van der Waals surface area (Å²) in [4.78, 5) is 22.6. The van der Waals surface area contributed by atoms with Crippen molar-refractivity contribution in [3.63, 3.8) is 0 Å². The van der Waals surface area contributed by atoms with Gasteiger partial charge in [-0.2, -0.15) is 13.2 Å². The molecule has 21 heavy (non-hydrogen) atoms. The van der Waals surface area contributed by atoms with Gasteiger partial charge in [-0.25, -0.2) is 4.79 Å². The number of nitrogens with zero attached hydrogens (tertiary/aromatic N) is 2. The fourth-order valence-electron chi connectivity index (χ4n) is 1.42. The van der Waals surface area contributed by atoms with E-state index in [2.05, 4.69) is 14.9 Å². The summed E-state index contributed by atoms with van der Waals surface area (Å²) in [5.41, 5.74) is -1.70. The molecule has 0 radical (unpaired) electrons. The van der Waals surface area contributed by atoms with E-state index in [1.807, 2.05) is 0 Å². The summed E-state index contributed by atoms with van der Waals surface area (Å²) in [7, 11) is 0. The quantitative estimate of drug-likeness (QED) is 0.907. The summed E-state index contributed by atoms with van der Waals surface area (Å²) >= 11 is 0.615. The van der Waals surface area contributed by atoms with Crippen LogP contribution < -0.4 is 5.32 Å². The highest BCUT2D eigenvalue weighted by atomic mass is 32.1. The zero-order chi connectivity index (χ0) is 15.6. The Kier molecular flexibility index (Phi) is 3.89. The molecule has 2 aromatic rings. The van der Waals surface area contributed by atoms with Crippen molar-refractivity contribution in [1.82, 2.24) is 9.59 Å². The van der Waals surface area contributed by atoms with Crippen molar-refractivity contribution in [2.24, 2.45) is 0 Å².